The van der Waals surface area contributed by atoms with Crippen molar-refractivity contribution in [2.75, 3.05) is 13.7 Å². The summed E-state index contributed by atoms with van der Waals surface area (Å²) >= 11 is 0. The second-order valence-corrected chi connectivity index (χ2v) is 6.53. The largest absolute Gasteiger partial charge is 0.493 e. The van der Waals surface area contributed by atoms with E-state index in [4.69, 9.17) is 15.2 Å². The van der Waals surface area contributed by atoms with E-state index in [1.807, 2.05) is 18.2 Å². The van der Waals surface area contributed by atoms with Crippen LogP contribution in [0, 0.1) is 5.92 Å². The third-order valence-corrected chi connectivity index (χ3v) is 4.54. The molecule has 5 nitrogen and oxygen atoms in total. The lowest BCUT2D eigenvalue weighted by Crippen LogP contribution is -2.37. The first-order valence-corrected chi connectivity index (χ1v) is 8.97. The predicted molar refractivity (Wildman–Crippen MR) is 95.2 cm³/mol. The molecular formula is C19H30N2O3. The van der Waals surface area contributed by atoms with E-state index in [2.05, 4.69) is 12.2 Å². The van der Waals surface area contributed by atoms with Crippen LogP contribution in [0.15, 0.2) is 18.2 Å². The molecule has 1 aromatic carbocycles. The lowest BCUT2D eigenvalue weighted by Gasteiger charge is -2.25. The number of unbranched alkanes of at least 4 members (excludes halogenated alkanes) is 1. The van der Waals surface area contributed by atoms with Gasteiger partial charge in [-0.25, -0.2) is 0 Å². The number of benzene rings is 1. The minimum absolute atomic E-state index is 0.0484. The van der Waals surface area contributed by atoms with Crippen LogP contribution in [0.4, 0.5) is 0 Å². The fourth-order valence-electron chi connectivity index (χ4n) is 3.07. The summed E-state index contributed by atoms with van der Waals surface area (Å²) in [5.41, 5.74) is 6.97. The van der Waals surface area contributed by atoms with E-state index in [0.717, 1.165) is 49.8 Å². The molecule has 0 heterocycles. The number of nitrogens with two attached hydrogens (primary N) is 1. The Balaban J connectivity index is 1.88. The second kappa shape index (κ2) is 9.52. The standard InChI is InChI=1S/C19H30N2O3/c1-3-4-10-24-17-9-8-14(11-18(17)23-2)13-21-19(22)15-6-5-7-16(20)12-15/h8-9,11,15-16H,3-7,10,12-13,20H2,1-2H3,(H,21,22). The monoisotopic (exact) mass is 334 g/mol. The van der Waals surface area contributed by atoms with Gasteiger partial charge in [0.25, 0.3) is 0 Å². The van der Waals surface area contributed by atoms with Crippen molar-refractivity contribution >= 4 is 5.91 Å². The quantitative estimate of drug-likeness (QED) is 0.717. The van der Waals surface area contributed by atoms with Crippen LogP contribution in [0.1, 0.15) is 51.0 Å². The number of hydrogen-bond acceptors (Lipinski definition) is 4. The lowest BCUT2D eigenvalue weighted by atomic mass is 9.85. The van der Waals surface area contributed by atoms with Crippen LogP contribution >= 0.6 is 0 Å². The molecule has 0 spiro atoms. The highest BCUT2D eigenvalue weighted by atomic mass is 16.5. The third-order valence-electron chi connectivity index (χ3n) is 4.54. The average molecular weight is 334 g/mol. The average Bonchev–Trinajstić information content (AvgIpc) is 2.60. The molecule has 2 rings (SSSR count). The number of methoxy groups -OCH3 is 1. The van der Waals surface area contributed by atoms with Crippen molar-refractivity contribution < 1.29 is 14.3 Å². The molecule has 0 aromatic heterocycles. The van der Waals surface area contributed by atoms with E-state index in [1.54, 1.807) is 7.11 Å². The molecule has 2 atom stereocenters. The van der Waals surface area contributed by atoms with Crippen molar-refractivity contribution in [1.82, 2.24) is 5.32 Å². The maximum atomic E-state index is 12.3. The molecule has 2 unspecified atom stereocenters. The first kappa shape index (κ1) is 18.6. The predicted octanol–water partition coefficient (Wildman–Crippen LogP) is 3.01. The van der Waals surface area contributed by atoms with Gasteiger partial charge in [0, 0.05) is 18.5 Å². The summed E-state index contributed by atoms with van der Waals surface area (Å²) < 4.78 is 11.1. The molecule has 3 N–H and O–H groups in total. The van der Waals surface area contributed by atoms with E-state index in [1.165, 1.54) is 0 Å². The molecule has 1 aromatic rings. The number of ether oxygens (including phenoxy) is 2. The zero-order valence-corrected chi connectivity index (χ0v) is 14.8. The number of amides is 1. The first-order valence-electron chi connectivity index (χ1n) is 8.97. The van der Waals surface area contributed by atoms with Gasteiger partial charge in [-0.15, -0.1) is 0 Å². The van der Waals surface area contributed by atoms with Gasteiger partial charge in [0.15, 0.2) is 11.5 Å². The minimum atomic E-state index is 0.0484. The topological polar surface area (TPSA) is 73.6 Å². The summed E-state index contributed by atoms with van der Waals surface area (Å²) in [6.45, 7) is 3.31. The van der Waals surface area contributed by atoms with Crippen molar-refractivity contribution in [1.29, 1.82) is 0 Å². The van der Waals surface area contributed by atoms with E-state index in [-0.39, 0.29) is 17.9 Å². The molecule has 1 amide bonds. The summed E-state index contributed by atoms with van der Waals surface area (Å²) in [6, 6.07) is 5.96. The Morgan fingerprint density at radius 2 is 2.17 bits per heavy atom. The summed E-state index contributed by atoms with van der Waals surface area (Å²) in [6.07, 6.45) is 5.91. The Morgan fingerprint density at radius 1 is 1.33 bits per heavy atom. The molecule has 134 valence electrons. The molecule has 0 bridgehead atoms. The Kier molecular flexibility index (Phi) is 7.37. The molecule has 0 saturated heterocycles. The van der Waals surface area contributed by atoms with Gasteiger partial charge in [0.1, 0.15) is 0 Å². The SMILES string of the molecule is CCCCOc1ccc(CNC(=O)C2CCCC(N)C2)cc1OC. The highest BCUT2D eigenvalue weighted by Gasteiger charge is 2.25. The van der Waals surface area contributed by atoms with Crippen LogP contribution in [0.2, 0.25) is 0 Å². The van der Waals surface area contributed by atoms with E-state index < -0.39 is 0 Å². The second-order valence-electron chi connectivity index (χ2n) is 6.53. The molecule has 0 radical (unpaired) electrons. The van der Waals surface area contributed by atoms with E-state index in [9.17, 15) is 4.79 Å². The van der Waals surface area contributed by atoms with Gasteiger partial charge in [-0.2, -0.15) is 0 Å². The van der Waals surface area contributed by atoms with Gasteiger partial charge >= 0.3 is 0 Å². The van der Waals surface area contributed by atoms with Crippen LogP contribution in [0.5, 0.6) is 11.5 Å². The van der Waals surface area contributed by atoms with Crippen LogP contribution in [0.25, 0.3) is 0 Å². The Hall–Kier alpha value is -1.75. The molecule has 1 fully saturated rings. The lowest BCUT2D eigenvalue weighted by molar-refractivity contribution is -0.126. The first-order chi connectivity index (χ1) is 11.6. The molecule has 1 aliphatic rings. The van der Waals surface area contributed by atoms with Crippen molar-refractivity contribution in [3.05, 3.63) is 23.8 Å². The summed E-state index contributed by atoms with van der Waals surface area (Å²) in [7, 11) is 1.63. The van der Waals surface area contributed by atoms with E-state index >= 15 is 0 Å². The zero-order chi connectivity index (χ0) is 17.4. The van der Waals surface area contributed by atoms with Crippen molar-refractivity contribution in [3.63, 3.8) is 0 Å². The number of rotatable bonds is 8. The van der Waals surface area contributed by atoms with E-state index in [0.29, 0.717) is 18.9 Å². The Morgan fingerprint density at radius 3 is 2.88 bits per heavy atom. The third kappa shape index (κ3) is 5.41. The van der Waals surface area contributed by atoms with Crippen molar-refractivity contribution in [3.8, 4) is 11.5 Å². The highest BCUT2D eigenvalue weighted by Crippen LogP contribution is 2.28. The molecule has 1 aliphatic carbocycles. The maximum absolute atomic E-state index is 12.3. The summed E-state index contributed by atoms with van der Waals surface area (Å²) in [4.78, 5) is 12.3. The van der Waals surface area contributed by atoms with Crippen molar-refractivity contribution in [2.24, 2.45) is 11.7 Å². The number of carbonyl (C=O) groups is 1. The molecule has 0 aliphatic heterocycles. The van der Waals surface area contributed by atoms with Gasteiger partial charge in [0.05, 0.1) is 13.7 Å². The summed E-state index contributed by atoms with van der Waals surface area (Å²) in [5.74, 6) is 1.61. The van der Waals surface area contributed by atoms with Crippen molar-refractivity contribution in [2.45, 2.75) is 58.0 Å². The molecule has 24 heavy (non-hydrogen) atoms. The Bertz CT molecular complexity index is 533. The molecule has 5 heteroatoms. The van der Waals surface area contributed by atoms with Crippen LogP contribution in [-0.2, 0) is 11.3 Å². The highest BCUT2D eigenvalue weighted by molar-refractivity contribution is 5.78. The normalized spacial score (nSPS) is 20.5. The Labute approximate surface area is 144 Å². The smallest absolute Gasteiger partial charge is 0.223 e. The number of carbonyl (C=O) groups excluding carboxylic acids is 1. The van der Waals surface area contributed by atoms with Gasteiger partial charge in [-0.1, -0.05) is 25.8 Å². The van der Waals surface area contributed by atoms with Gasteiger partial charge in [-0.05, 0) is 43.4 Å². The van der Waals surface area contributed by atoms with Crippen LogP contribution in [-0.4, -0.2) is 25.7 Å². The van der Waals surface area contributed by atoms with Gasteiger partial charge in [-0.3, -0.25) is 4.79 Å². The molecular weight excluding hydrogens is 304 g/mol. The zero-order valence-electron chi connectivity index (χ0n) is 14.8. The fraction of sp³-hybridized carbons (Fsp3) is 0.632. The number of hydrogen-bond donors (Lipinski definition) is 2. The van der Waals surface area contributed by atoms with Gasteiger partial charge in [0.2, 0.25) is 5.91 Å². The van der Waals surface area contributed by atoms with Gasteiger partial charge < -0.3 is 20.5 Å². The fourth-order valence-corrected chi connectivity index (χ4v) is 3.07. The summed E-state index contributed by atoms with van der Waals surface area (Å²) in [5, 5.41) is 3.02. The molecule has 1 saturated carbocycles. The van der Waals surface area contributed by atoms with Crippen LogP contribution < -0.4 is 20.5 Å². The minimum Gasteiger partial charge on any atom is -0.493 e. The van der Waals surface area contributed by atoms with Crippen LogP contribution in [0.3, 0.4) is 0 Å². The number of nitrogens with one attached hydrogen (secondary N) is 1. The maximum Gasteiger partial charge on any atom is 0.223 e.